The first-order valence-electron chi connectivity index (χ1n) is 1.77. The van der Waals surface area contributed by atoms with E-state index in [1.807, 2.05) is 0 Å². The summed E-state index contributed by atoms with van der Waals surface area (Å²) < 4.78 is 4.49. The standard InChI is InChI=1S/C3H7O2P2.Y/c1-2-3(4)5-7-6;/h2,7H,6H2,1H3;/q-1;+3. The van der Waals surface area contributed by atoms with Crippen LogP contribution in [0.2, 0.25) is 0 Å². The van der Waals surface area contributed by atoms with Crippen molar-refractivity contribution in [3.05, 3.63) is 6.42 Å². The normalized spacial score (nSPS) is 8.25. The Morgan fingerprint density at radius 1 is 1.88 bits per heavy atom. The van der Waals surface area contributed by atoms with E-state index in [1.54, 1.807) is 6.92 Å². The Bertz CT molecular complexity index is 68.3. The van der Waals surface area contributed by atoms with E-state index in [2.05, 4.69) is 13.5 Å². The van der Waals surface area contributed by atoms with E-state index < -0.39 is 0 Å². The molecule has 0 N–H and O–H groups in total. The second kappa shape index (κ2) is 8.30. The van der Waals surface area contributed by atoms with Crippen LogP contribution < -0.4 is 0 Å². The molecule has 0 rings (SSSR count). The first-order valence-corrected chi connectivity index (χ1v) is 4.48. The monoisotopic (exact) mass is 226 g/mol. The van der Waals surface area contributed by atoms with Gasteiger partial charge in [0, 0.05) is 0 Å². The molecule has 2 atom stereocenters. The summed E-state index contributed by atoms with van der Waals surface area (Å²) in [6.45, 7) is 1.65. The molecule has 5 heteroatoms. The van der Waals surface area contributed by atoms with Crippen molar-refractivity contribution in [2.24, 2.45) is 0 Å². The zero-order chi connectivity index (χ0) is 5.70. The number of carbonyl (C=O) groups excluding carboxylic acids is 1. The quantitative estimate of drug-likeness (QED) is 0.521. The van der Waals surface area contributed by atoms with Crippen molar-refractivity contribution >= 4 is 23.4 Å². The van der Waals surface area contributed by atoms with Gasteiger partial charge in [-0.2, -0.15) is 6.92 Å². The van der Waals surface area contributed by atoms with E-state index in [0.29, 0.717) is 0 Å². The molecule has 2 unspecified atom stereocenters. The second-order valence-electron chi connectivity index (χ2n) is 0.828. The van der Waals surface area contributed by atoms with Crippen LogP contribution in [0, 0.1) is 6.42 Å². The van der Waals surface area contributed by atoms with Gasteiger partial charge in [0.2, 0.25) is 0 Å². The third-order valence-electron chi connectivity index (χ3n) is 0.395. The molecule has 0 aromatic carbocycles. The summed E-state index contributed by atoms with van der Waals surface area (Å²) in [5.74, 6) is -0.256. The zero-order valence-electron chi connectivity index (χ0n) is 4.55. The summed E-state index contributed by atoms with van der Waals surface area (Å²) in [6, 6.07) is 0. The molecule has 0 aliphatic heterocycles. The molecular weight excluding hydrogens is 219 g/mol. The summed E-state index contributed by atoms with van der Waals surface area (Å²) in [5, 5.41) is 0. The van der Waals surface area contributed by atoms with Crippen molar-refractivity contribution in [3.8, 4) is 0 Å². The minimum absolute atomic E-state index is 0. The smallest absolute Gasteiger partial charge is 0.468 e. The van der Waals surface area contributed by atoms with Gasteiger partial charge in [0.15, 0.2) is 5.97 Å². The molecule has 0 bridgehead atoms. The maximum absolute atomic E-state index is 10.1. The number of carbonyl (C=O) groups is 1. The van der Waals surface area contributed by atoms with E-state index in [0.717, 1.165) is 0 Å². The zero-order valence-corrected chi connectivity index (χ0v) is 9.54. The van der Waals surface area contributed by atoms with Crippen LogP contribution in [0.1, 0.15) is 6.92 Å². The molecule has 0 aromatic heterocycles. The van der Waals surface area contributed by atoms with Crippen LogP contribution in [0.25, 0.3) is 0 Å². The fourth-order valence-corrected chi connectivity index (χ4v) is 0.699. The summed E-state index contributed by atoms with van der Waals surface area (Å²) in [5.41, 5.74) is 0. The van der Waals surface area contributed by atoms with Crippen molar-refractivity contribution in [2.75, 3.05) is 0 Å². The molecule has 0 radical (unpaired) electrons. The van der Waals surface area contributed by atoms with Gasteiger partial charge in [0.25, 0.3) is 0 Å². The largest absolute Gasteiger partial charge is 3.00 e. The Labute approximate surface area is 78.4 Å². The minimum atomic E-state index is -0.256. The third-order valence-corrected chi connectivity index (χ3v) is 1.07. The van der Waals surface area contributed by atoms with Crippen LogP contribution in [0.15, 0.2) is 0 Å². The Kier molecular flexibility index (Phi) is 12.5. The van der Waals surface area contributed by atoms with Crippen LogP contribution in [-0.4, -0.2) is 5.97 Å². The Balaban J connectivity index is 0. The molecular formula is C3H7O2P2Y+2. The predicted molar refractivity (Wildman–Crippen MR) is 34.1 cm³/mol. The van der Waals surface area contributed by atoms with Crippen molar-refractivity contribution in [1.29, 1.82) is 0 Å². The van der Waals surface area contributed by atoms with Gasteiger partial charge in [-0.3, -0.25) is 11.2 Å². The molecule has 0 heterocycles. The fourth-order valence-electron chi connectivity index (χ4n) is 0.117. The fraction of sp³-hybridized carbons (Fsp3) is 0.333. The Morgan fingerprint density at radius 3 is 2.50 bits per heavy atom. The summed E-state index contributed by atoms with van der Waals surface area (Å²) >= 11 is 0. The summed E-state index contributed by atoms with van der Waals surface area (Å²) in [6.07, 6.45) is 1.39. The third kappa shape index (κ3) is 7.30. The van der Waals surface area contributed by atoms with Crippen molar-refractivity contribution in [3.63, 3.8) is 0 Å². The molecule has 0 saturated carbocycles. The van der Waals surface area contributed by atoms with E-state index in [4.69, 9.17) is 0 Å². The molecule has 2 nitrogen and oxygen atoms in total. The molecule has 42 valence electrons. The van der Waals surface area contributed by atoms with Crippen LogP contribution in [0.4, 0.5) is 0 Å². The molecule has 0 fully saturated rings. The topological polar surface area (TPSA) is 26.3 Å². The number of hydrogen-bond donors (Lipinski definition) is 0. The van der Waals surface area contributed by atoms with Gasteiger partial charge in [-0.25, -0.2) is 0 Å². The molecule has 0 aliphatic carbocycles. The van der Waals surface area contributed by atoms with E-state index >= 15 is 0 Å². The van der Waals surface area contributed by atoms with Crippen LogP contribution in [0.5, 0.6) is 0 Å². The van der Waals surface area contributed by atoms with Gasteiger partial charge in [-0.1, -0.05) is 8.93 Å². The predicted octanol–water partition coefficient (Wildman–Crippen LogP) is 1.13. The van der Waals surface area contributed by atoms with Crippen molar-refractivity contribution < 1.29 is 42.0 Å². The van der Waals surface area contributed by atoms with Crippen LogP contribution in [0.3, 0.4) is 0 Å². The molecule has 0 spiro atoms. The number of hydrogen-bond acceptors (Lipinski definition) is 2. The molecule has 0 amide bonds. The average molecular weight is 226 g/mol. The van der Waals surface area contributed by atoms with Crippen molar-refractivity contribution in [2.45, 2.75) is 6.92 Å². The van der Waals surface area contributed by atoms with E-state index in [1.165, 1.54) is 6.42 Å². The van der Waals surface area contributed by atoms with Gasteiger partial charge < -0.3 is 4.52 Å². The van der Waals surface area contributed by atoms with Gasteiger partial charge in [-0.15, -0.1) is 0 Å². The van der Waals surface area contributed by atoms with Gasteiger partial charge in [-0.05, 0) is 0 Å². The van der Waals surface area contributed by atoms with Crippen molar-refractivity contribution in [1.82, 2.24) is 0 Å². The SMILES string of the molecule is C[CH-]C(=O)OPP.[Y+3]. The first-order chi connectivity index (χ1) is 3.31. The molecule has 0 aliphatic rings. The van der Waals surface area contributed by atoms with Gasteiger partial charge in [0.1, 0.15) is 0 Å². The average Bonchev–Trinajstić information content (AvgIpc) is 1.68. The Hall–Kier alpha value is 1.30. The molecule has 0 aromatic rings. The van der Waals surface area contributed by atoms with Gasteiger partial charge >= 0.3 is 32.7 Å². The summed E-state index contributed by atoms with van der Waals surface area (Å²) in [7, 11) is 2.50. The minimum Gasteiger partial charge on any atom is -0.468 e. The second-order valence-corrected chi connectivity index (χ2v) is 1.97. The maximum atomic E-state index is 10.1. The van der Waals surface area contributed by atoms with Crippen LogP contribution in [-0.2, 0) is 42.0 Å². The van der Waals surface area contributed by atoms with E-state index in [-0.39, 0.29) is 47.2 Å². The van der Waals surface area contributed by atoms with Crippen LogP contribution >= 0.6 is 17.4 Å². The molecule has 8 heavy (non-hydrogen) atoms. The number of rotatable bonds is 2. The Morgan fingerprint density at radius 2 is 2.38 bits per heavy atom. The first kappa shape index (κ1) is 12.0. The maximum Gasteiger partial charge on any atom is 3.00 e. The molecule has 0 saturated heterocycles. The van der Waals surface area contributed by atoms with Gasteiger partial charge in [0.05, 0.1) is 8.50 Å². The van der Waals surface area contributed by atoms with E-state index in [9.17, 15) is 4.79 Å². The summed E-state index contributed by atoms with van der Waals surface area (Å²) in [4.78, 5) is 10.1.